The second kappa shape index (κ2) is 7.70. The van der Waals surface area contributed by atoms with E-state index in [0.29, 0.717) is 4.88 Å². The van der Waals surface area contributed by atoms with E-state index in [2.05, 4.69) is 18.3 Å². The predicted molar refractivity (Wildman–Crippen MR) is 105 cm³/mol. The standard InChI is InChI=1S/C21H21NO3S/c1-13-8-9-16(10-14(13)2)15(3)22-20(23)12-25-21(24)19-11-17-6-4-5-7-18(17)26-19/h4-11,15H,12H2,1-3H3,(H,22,23)/t15-/m0/s1. The van der Waals surface area contributed by atoms with E-state index in [4.69, 9.17) is 4.74 Å². The summed E-state index contributed by atoms with van der Waals surface area (Å²) in [5.41, 5.74) is 3.42. The zero-order valence-electron chi connectivity index (χ0n) is 15.0. The van der Waals surface area contributed by atoms with Crippen LogP contribution < -0.4 is 5.32 Å². The Morgan fingerprint density at radius 1 is 1.08 bits per heavy atom. The molecule has 1 heterocycles. The molecule has 1 atom stereocenters. The van der Waals surface area contributed by atoms with Crippen LogP contribution in [0.5, 0.6) is 0 Å². The lowest BCUT2D eigenvalue weighted by atomic mass is 10.0. The molecular formula is C21H21NO3S. The van der Waals surface area contributed by atoms with Crippen molar-refractivity contribution >= 4 is 33.3 Å². The molecule has 1 N–H and O–H groups in total. The Hall–Kier alpha value is -2.66. The van der Waals surface area contributed by atoms with Crippen molar-refractivity contribution in [3.63, 3.8) is 0 Å². The zero-order chi connectivity index (χ0) is 18.7. The van der Waals surface area contributed by atoms with Crippen LogP contribution in [-0.4, -0.2) is 18.5 Å². The molecule has 2 aromatic carbocycles. The Bertz CT molecular complexity index is 928. The van der Waals surface area contributed by atoms with Crippen molar-refractivity contribution in [2.45, 2.75) is 26.8 Å². The number of aryl methyl sites for hydroxylation is 2. The van der Waals surface area contributed by atoms with Crippen molar-refractivity contribution in [3.8, 4) is 0 Å². The van der Waals surface area contributed by atoms with Gasteiger partial charge < -0.3 is 10.1 Å². The maximum absolute atomic E-state index is 12.2. The smallest absolute Gasteiger partial charge is 0.348 e. The second-order valence-electron chi connectivity index (χ2n) is 6.36. The molecule has 1 amide bonds. The molecule has 0 aliphatic carbocycles. The van der Waals surface area contributed by atoms with Gasteiger partial charge in [-0.3, -0.25) is 4.79 Å². The summed E-state index contributed by atoms with van der Waals surface area (Å²) in [5, 5.41) is 3.86. The van der Waals surface area contributed by atoms with Crippen molar-refractivity contribution in [3.05, 3.63) is 70.1 Å². The van der Waals surface area contributed by atoms with Gasteiger partial charge in [0.25, 0.3) is 5.91 Å². The van der Waals surface area contributed by atoms with Gasteiger partial charge in [0.15, 0.2) is 6.61 Å². The molecule has 4 nitrogen and oxygen atoms in total. The summed E-state index contributed by atoms with van der Waals surface area (Å²) in [5.74, 6) is -0.787. The van der Waals surface area contributed by atoms with E-state index in [9.17, 15) is 9.59 Å². The number of hydrogen-bond acceptors (Lipinski definition) is 4. The van der Waals surface area contributed by atoms with Gasteiger partial charge in [-0.1, -0.05) is 36.4 Å². The van der Waals surface area contributed by atoms with E-state index >= 15 is 0 Å². The first kappa shape index (κ1) is 18.1. The van der Waals surface area contributed by atoms with Gasteiger partial charge in [0.2, 0.25) is 0 Å². The Morgan fingerprint density at radius 2 is 1.85 bits per heavy atom. The molecule has 0 saturated carbocycles. The lowest BCUT2D eigenvalue weighted by Crippen LogP contribution is -2.31. The van der Waals surface area contributed by atoms with Gasteiger partial charge in [-0.2, -0.15) is 0 Å². The van der Waals surface area contributed by atoms with Gasteiger partial charge >= 0.3 is 5.97 Å². The minimum Gasteiger partial charge on any atom is -0.451 e. The first-order chi connectivity index (χ1) is 12.4. The van der Waals surface area contributed by atoms with Crippen molar-refractivity contribution in [2.75, 3.05) is 6.61 Å². The highest BCUT2D eigenvalue weighted by atomic mass is 32.1. The van der Waals surface area contributed by atoms with E-state index < -0.39 is 5.97 Å². The van der Waals surface area contributed by atoms with E-state index in [-0.39, 0.29) is 18.6 Å². The summed E-state index contributed by atoms with van der Waals surface area (Å²) in [4.78, 5) is 24.8. The highest BCUT2D eigenvalue weighted by Gasteiger charge is 2.15. The summed E-state index contributed by atoms with van der Waals surface area (Å²) in [6.07, 6.45) is 0. The van der Waals surface area contributed by atoms with Gasteiger partial charge in [-0.25, -0.2) is 4.79 Å². The SMILES string of the molecule is Cc1ccc([C@H](C)NC(=O)COC(=O)c2cc3ccccc3s2)cc1C. The molecule has 3 aromatic rings. The van der Waals surface area contributed by atoms with Crippen LogP contribution in [0.15, 0.2) is 48.5 Å². The van der Waals surface area contributed by atoms with Crippen LogP contribution in [0.2, 0.25) is 0 Å². The maximum atomic E-state index is 12.2. The van der Waals surface area contributed by atoms with E-state index in [1.54, 1.807) is 6.07 Å². The van der Waals surface area contributed by atoms with E-state index in [1.165, 1.54) is 22.5 Å². The predicted octanol–water partition coefficient (Wildman–Crippen LogP) is 4.55. The topological polar surface area (TPSA) is 55.4 Å². The van der Waals surface area contributed by atoms with Crippen LogP contribution in [0.25, 0.3) is 10.1 Å². The van der Waals surface area contributed by atoms with Crippen LogP contribution in [0.4, 0.5) is 0 Å². The summed E-state index contributed by atoms with van der Waals surface area (Å²) in [6.45, 7) is 5.72. The quantitative estimate of drug-likeness (QED) is 0.673. The van der Waals surface area contributed by atoms with Crippen molar-refractivity contribution in [1.82, 2.24) is 5.32 Å². The van der Waals surface area contributed by atoms with Gasteiger partial charge in [0.1, 0.15) is 4.88 Å². The number of thiophene rings is 1. The summed E-state index contributed by atoms with van der Waals surface area (Å²) < 4.78 is 6.18. The zero-order valence-corrected chi connectivity index (χ0v) is 15.9. The Kier molecular flexibility index (Phi) is 5.38. The molecule has 0 unspecified atom stereocenters. The lowest BCUT2D eigenvalue weighted by molar-refractivity contribution is -0.124. The Balaban J connectivity index is 1.56. The largest absolute Gasteiger partial charge is 0.451 e. The first-order valence-corrected chi connectivity index (χ1v) is 9.28. The highest BCUT2D eigenvalue weighted by molar-refractivity contribution is 7.20. The molecular weight excluding hydrogens is 346 g/mol. The van der Waals surface area contributed by atoms with Crippen LogP contribution in [0.1, 0.15) is 39.3 Å². The van der Waals surface area contributed by atoms with Gasteiger partial charge in [0, 0.05) is 4.70 Å². The monoisotopic (exact) mass is 367 g/mol. The van der Waals surface area contributed by atoms with Crippen molar-refractivity contribution in [2.24, 2.45) is 0 Å². The van der Waals surface area contributed by atoms with Crippen LogP contribution >= 0.6 is 11.3 Å². The van der Waals surface area contributed by atoms with Crippen molar-refractivity contribution < 1.29 is 14.3 Å². The van der Waals surface area contributed by atoms with Gasteiger partial charge in [-0.15, -0.1) is 11.3 Å². The number of ether oxygens (including phenoxy) is 1. The van der Waals surface area contributed by atoms with E-state index in [1.807, 2.05) is 50.2 Å². The maximum Gasteiger partial charge on any atom is 0.348 e. The first-order valence-electron chi connectivity index (χ1n) is 8.46. The molecule has 26 heavy (non-hydrogen) atoms. The molecule has 3 rings (SSSR count). The second-order valence-corrected chi connectivity index (χ2v) is 7.44. The number of fused-ring (bicyclic) bond motifs is 1. The number of carbonyl (C=O) groups excluding carboxylic acids is 2. The third-order valence-electron chi connectivity index (χ3n) is 4.37. The van der Waals surface area contributed by atoms with Gasteiger partial charge in [-0.05, 0) is 55.0 Å². The molecule has 0 radical (unpaired) electrons. The number of benzene rings is 2. The molecule has 0 saturated heterocycles. The van der Waals surface area contributed by atoms with Crippen molar-refractivity contribution in [1.29, 1.82) is 0 Å². The Morgan fingerprint density at radius 3 is 2.58 bits per heavy atom. The third kappa shape index (κ3) is 4.11. The molecule has 5 heteroatoms. The summed E-state index contributed by atoms with van der Waals surface area (Å²) in [6, 6.07) is 15.5. The van der Waals surface area contributed by atoms with Crippen LogP contribution in [0.3, 0.4) is 0 Å². The highest BCUT2D eigenvalue weighted by Crippen LogP contribution is 2.25. The molecule has 0 aliphatic rings. The summed E-state index contributed by atoms with van der Waals surface area (Å²) in [7, 11) is 0. The summed E-state index contributed by atoms with van der Waals surface area (Å²) >= 11 is 1.36. The average Bonchev–Trinajstić information content (AvgIpc) is 3.06. The molecule has 0 bridgehead atoms. The number of carbonyl (C=O) groups is 2. The van der Waals surface area contributed by atoms with Gasteiger partial charge in [0.05, 0.1) is 6.04 Å². The number of hydrogen-bond donors (Lipinski definition) is 1. The third-order valence-corrected chi connectivity index (χ3v) is 5.47. The fraction of sp³-hybridized carbons (Fsp3) is 0.238. The number of rotatable bonds is 5. The minimum absolute atomic E-state index is 0.148. The normalized spacial score (nSPS) is 12.0. The average molecular weight is 367 g/mol. The lowest BCUT2D eigenvalue weighted by Gasteiger charge is -2.15. The molecule has 1 aromatic heterocycles. The molecule has 0 spiro atoms. The molecule has 0 aliphatic heterocycles. The fourth-order valence-corrected chi connectivity index (χ4v) is 3.64. The Labute approximate surface area is 156 Å². The van der Waals surface area contributed by atoms with Crippen LogP contribution in [0, 0.1) is 13.8 Å². The van der Waals surface area contributed by atoms with Crippen LogP contribution in [-0.2, 0) is 9.53 Å². The number of nitrogens with one attached hydrogen (secondary N) is 1. The number of amides is 1. The fourth-order valence-electron chi connectivity index (χ4n) is 2.69. The van der Waals surface area contributed by atoms with E-state index in [0.717, 1.165) is 15.6 Å². The molecule has 134 valence electrons. The molecule has 0 fully saturated rings. The minimum atomic E-state index is -0.472. The number of esters is 1.